The topological polar surface area (TPSA) is 35.2 Å². The third-order valence-corrected chi connectivity index (χ3v) is 4.55. The van der Waals surface area contributed by atoms with Crippen molar-refractivity contribution in [2.24, 2.45) is 5.73 Å². The summed E-state index contributed by atoms with van der Waals surface area (Å²) >= 11 is 5.21. The molecule has 1 unspecified atom stereocenters. The molecular formula is C14H16BrNOS. The molecule has 2 rings (SSSR count). The van der Waals surface area contributed by atoms with Crippen molar-refractivity contribution in [1.82, 2.24) is 0 Å². The molecule has 0 amide bonds. The summed E-state index contributed by atoms with van der Waals surface area (Å²) in [6, 6.07) is 8.04. The van der Waals surface area contributed by atoms with E-state index in [0.717, 1.165) is 20.7 Å². The van der Waals surface area contributed by atoms with Gasteiger partial charge in [-0.3, -0.25) is 0 Å². The van der Waals surface area contributed by atoms with Gasteiger partial charge in [0, 0.05) is 10.4 Å². The molecule has 2 N–H and O–H groups in total. The van der Waals surface area contributed by atoms with Crippen LogP contribution in [-0.2, 0) is 0 Å². The Kier molecular flexibility index (Phi) is 4.10. The molecule has 0 radical (unpaired) electrons. The van der Waals surface area contributed by atoms with Gasteiger partial charge in [-0.15, -0.1) is 11.3 Å². The van der Waals surface area contributed by atoms with E-state index in [-0.39, 0.29) is 6.04 Å². The van der Waals surface area contributed by atoms with Gasteiger partial charge in [0.1, 0.15) is 5.75 Å². The van der Waals surface area contributed by atoms with E-state index in [1.165, 1.54) is 10.4 Å². The Morgan fingerprint density at radius 1 is 1.22 bits per heavy atom. The monoisotopic (exact) mass is 325 g/mol. The van der Waals surface area contributed by atoms with Crippen molar-refractivity contribution in [3.05, 3.63) is 49.6 Å². The summed E-state index contributed by atoms with van der Waals surface area (Å²) in [4.78, 5) is 1.23. The number of hydrogen-bond acceptors (Lipinski definition) is 3. The van der Waals surface area contributed by atoms with Gasteiger partial charge in [0.25, 0.3) is 0 Å². The molecule has 96 valence electrons. The number of ether oxygens (including phenoxy) is 1. The minimum absolute atomic E-state index is 0.151. The lowest BCUT2D eigenvalue weighted by Gasteiger charge is -2.16. The molecule has 1 aromatic heterocycles. The molecule has 2 aromatic rings. The normalized spacial score (nSPS) is 12.5. The van der Waals surface area contributed by atoms with Crippen molar-refractivity contribution in [3.8, 4) is 5.75 Å². The first-order valence-corrected chi connectivity index (χ1v) is 7.30. The van der Waals surface area contributed by atoms with Gasteiger partial charge in [0.05, 0.1) is 16.9 Å². The zero-order chi connectivity index (χ0) is 13.3. The van der Waals surface area contributed by atoms with Crippen LogP contribution in [0.5, 0.6) is 5.75 Å². The third kappa shape index (κ3) is 2.60. The van der Waals surface area contributed by atoms with Gasteiger partial charge in [-0.1, -0.05) is 17.7 Å². The van der Waals surface area contributed by atoms with E-state index in [2.05, 4.69) is 41.9 Å². The number of rotatable bonds is 3. The maximum Gasteiger partial charge on any atom is 0.123 e. The molecule has 0 aliphatic heterocycles. The molecule has 1 aromatic carbocycles. The van der Waals surface area contributed by atoms with Crippen molar-refractivity contribution in [2.75, 3.05) is 7.11 Å². The number of aryl methyl sites for hydroxylation is 2. The van der Waals surface area contributed by atoms with Gasteiger partial charge in [-0.25, -0.2) is 0 Å². The molecule has 0 fully saturated rings. The van der Waals surface area contributed by atoms with E-state index >= 15 is 0 Å². The largest absolute Gasteiger partial charge is 0.496 e. The van der Waals surface area contributed by atoms with Crippen LogP contribution < -0.4 is 10.5 Å². The van der Waals surface area contributed by atoms with Crippen molar-refractivity contribution in [2.45, 2.75) is 19.9 Å². The molecule has 0 saturated carbocycles. The molecule has 0 saturated heterocycles. The van der Waals surface area contributed by atoms with Gasteiger partial charge in [0.15, 0.2) is 0 Å². The van der Waals surface area contributed by atoms with Crippen LogP contribution in [0.3, 0.4) is 0 Å². The molecular weight excluding hydrogens is 310 g/mol. The molecule has 0 spiro atoms. The smallest absolute Gasteiger partial charge is 0.123 e. The van der Waals surface area contributed by atoms with Gasteiger partial charge in [-0.2, -0.15) is 0 Å². The summed E-state index contributed by atoms with van der Waals surface area (Å²) in [5.74, 6) is 0.842. The fourth-order valence-electron chi connectivity index (χ4n) is 2.03. The fraction of sp³-hybridized carbons (Fsp3) is 0.286. The first-order chi connectivity index (χ1) is 8.52. The first-order valence-electron chi connectivity index (χ1n) is 5.69. The summed E-state index contributed by atoms with van der Waals surface area (Å²) in [5.41, 5.74) is 9.75. The Bertz CT molecular complexity index is 565. The summed E-state index contributed by atoms with van der Waals surface area (Å²) in [7, 11) is 1.68. The van der Waals surface area contributed by atoms with Gasteiger partial charge >= 0.3 is 0 Å². The summed E-state index contributed by atoms with van der Waals surface area (Å²) < 4.78 is 6.51. The van der Waals surface area contributed by atoms with E-state index in [0.29, 0.717) is 0 Å². The molecule has 18 heavy (non-hydrogen) atoms. The van der Waals surface area contributed by atoms with Crippen LogP contribution >= 0.6 is 27.3 Å². The third-order valence-electron chi connectivity index (χ3n) is 2.98. The standard InChI is InChI=1S/C14H16BrNOS/c1-8-4-5-12(17-3)11(6-8)14(16)10-7-13(15)18-9(10)2/h4-7,14H,16H2,1-3H3. The first kappa shape index (κ1) is 13.6. The highest BCUT2D eigenvalue weighted by molar-refractivity contribution is 9.11. The highest BCUT2D eigenvalue weighted by Gasteiger charge is 2.18. The van der Waals surface area contributed by atoms with Gasteiger partial charge < -0.3 is 10.5 Å². The molecule has 0 bridgehead atoms. The average molecular weight is 326 g/mol. The average Bonchev–Trinajstić information content (AvgIpc) is 2.67. The van der Waals surface area contributed by atoms with Crippen LogP contribution in [0.4, 0.5) is 0 Å². The maximum absolute atomic E-state index is 6.38. The molecule has 2 nitrogen and oxygen atoms in total. The van der Waals surface area contributed by atoms with Crippen LogP contribution in [0, 0.1) is 13.8 Å². The minimum Gasteiger partial charge on any atom is -0.496 e. The lowest BCUT2D eigenvalue weighted by Crippen LogP contribution is -2.13. The van der Waals surface area contributed by atoms with Crippen LogP contribution in [0.2, 0.25) is 0 Å². The van der Waals surface area contributed by atoms with Crippen molar-refractivity contribution < 1.29 is 4.74 Å². The van der Waals surface area contributed by atoms with Crippen LogP contribution in [-0.4, -0.2) is 7.11 Å². The second-order valence-corrected chi connectivity index (χ2v) is 6.92. The zero-order valence-electron chi connectivity index (χ0n) is 10.7. The number of benzene rings is 1. The predicted molar refractivity (Wildman–Crippen MR) is 80.5 cm³/mol. The Hall–Kier alpha value is -0.840. The second-order valence-electron chi connectivity index (χ2n) is 4.29. The summed E-state index contributed by atoms with van der Waals surface area (Å²) in [5, 5.41) is 0. The van der Waals surface area contributed by atoms with Crippen molar-refractivity contribution in [3.63, 3.8) is 0 Å². The highest BCUT2D eigenvalue weighted by Crippen LogP contribution is 2.35. The quantitative estimate of drug-likeness (QED) is 0.918. The van der Waals surface area contributed by atoms with E-state index in [1.807, 2.05) is 12.1 Å². The SMILES string of the molecule is COc1ccc(C)cc1C(N)c1cc(Br)sc1C. The lowest BCUT2D eigenvalue weighted by molar-refractivity contribution is 0.407. The van der Waals surface area contributed by atoms with Crippen molar-refractivity contribution in [1.29, 1.82) is 0 Å². The lowest BCUT2D eigenvalue weighted by atomic mass is 9.98. The minimum atomic E-state index is -0.151. The Labute approximate surface area is 120 Å². The van der Waals surface area contributed by atoms with E-state index < -0.39 is 0 Å². The number of thiophene rings is 1. The second kappa shape index (κ2) is 5.43. The maximum atomic E-state index is 6.38. The molecule has 4 heteroatoms. The fourth-order valence-corrected chi connectivity index (χ4v) is 3.79. The number of halogens is 1. The van der Waals surface area contributed by atoms with E-state index in [4.69, 9.17) is 10.5 Å². The van der Waals surface area contributed by atoms with E-state index in [9.17, 15) is 0 Å². The Morgan fingerprint density at radius 2 is 1.94 bits per heavy atom. The summed E-state index contributed by atoms with van der Waals surface area (Å²) in [6.45, 7) is 4.15. The van der Waals surface area contributed by atoms with Gasteiger partial charge in [-0.05, 0) is 47.5 Å². The highest BCUT2D eigenvalue weighted by atomic mass is 79.9. The van der Waals surface area contributed by atoms with Crippen LogP contribution in [0.1, 0.15) is 27.6 Å². The number of methoxy groups -OCH3 is 1. The summed E-state index contributed by atoms with van der Waals surface area (Å²) in [6.07, 6.45) is 0. The number of hydrogen-bond donors (Lipinski definition) is 1. The van der Waals surface area contributed by atoms with E-state index in [1.54, 1.807) is 18.4 Å². The molecule has 1 heterocycles. The van der Waals surface area contributed by atoms with Crippen LogP contribution in [0.15, 0.2) is 28.1 Å². The Balaban J connectivity index is 2.48. The van der Waals surface area contributed by atoms with Crippen molar-refractivity contribution >= 4 is 27.3 Å². The number of nitrogens with two attached hydrogens (primary N) is 1. The Morgan fingerprint density at radius 3 is 2.50 bits per heavy atom. The predicted octanol–water partition coefficient (Wildman–Crippen LogP) is 4.18. The molecule has 0 aliphatic rings. The van der Waals surface area contributed by atoms with Gasteiger partial charge in [0.2, 0.25) is 0 Å². The zero-order valence-corrected chi connectivity index (χ0v) is 13.1. The molecule has 1 atom stereocenters. The van der Waals surface area contributed by atoms with Crippen LogP contribution in [0.25, 0.3) is 0 Å². The molecule has 0 aliphatic carbocycles.